The van der Waals surface area contributed by atoms with E-state index >= 15 is 0 Å². The molecule has 0 radical (unpaired) electrons. The van der Waals surface area contributed by atoms with Crippen LogP contribution >= 0.6 is 11.6 Å². The molecule has 1 aromatic carbocycles. The van der Waals surface area contributed by atoms with E-state index in [2.05, 4.69) is 20.8 Å². The largest absolute Gasteiger partial charge is 0.493 e. The van der Waals surface area contributed by atoms with E-state index in [9.17, 15) is 13.2 Å². The van der Waals surface area contributed by atoms with Gasteiger partial charge in [0.2, 0.25) is 0 Å². The summed E-state index contributed by atoms with van der Waals surface area (Å²) in [6, 6.07) is 3.58. The van der Waals surface area contributed by atoms with Crippen LogP contribution in [0.2, 0.25) is 5.02 Å². The zero-order valence-electron chi connectivity index (χ0n) is 12.1. The minimum Gasteiger partial charge on any atom is -0.493 e. The fourth-order valence-corrected chi connectivity index (χ4v) is 2.19. The summed E-state index contributed by atoms with van der Waals surface area (Å²) in [6.07, 6.45) is -3.62. The fraction of sp³-hybridized carbons (Fsp3) is 0.600. The van der Waals surface area contributed by atoms with Gasteiger partial charge in [-0.05, 0) is 36.0 Å². The van der Waals surface area contributed by atoms with Gasteiger partial charge >= 0.3 is 6.18 Å². The van der Waals surface area contributed by atoms with Crippen molar-refractivity contribution in [2.45, 2.75) is 40.3 Å². The van der Waals surface area contributed by atoms with E-state index in [-0.39, 0.29) is 28.7 Å². The first-order valence-electron chi connectivity index (χ1n) is 6.55. The van der Waals surface area contributed by atoms with Gasteiger partial charge in [-0.1, -0.05) is 39.3 Å². The first-order chi connectivity index (χ1) is 9.05. The number of alkyl halides is 3. The monoisotopic (exact) mass is 308 g/mol. The average molecular weight is 309 g/mol. The number of hydrogen-bond donors (Lipinski definition) is 0. The Morgan fingerprint density at radius 2 is 1.80 bits per heavy atom. The molecule has 1 rings (SSSR count). The van der Waals surface area contributed by atoms with Crippen molar-refractivity contribution >= 4 is 11.6 Å². The molecule has 0 bridgehead atoms. The quantitative estimate of drug-likeness (QED) is 0.682. The highest BCUT2D eigenvalue weighted by Gasteiger charge is 2.35. The average Bonchev–Trinajstić information content (AvgIpc) is 2.28. The smallest absolute Gasteiger partial charge is 0.420 e. The van der Waals surface area contributed by atoms with Crippen molar-refractivity contribution < 1.29 is 17.9 Å². The maximum absolute atomic E-state index is 12.9. The molecule has 0 N–H and O–H groups in total. The third-order valence-electron chi connectivity index (χ3n) is 3.40. The second-order valence-electron chi connectivity index (χ2n) is 5.92. The molecular formula is C15H20ClF3O. The standard InChI is InChI=1S/C15H20ClF3O/c1-5-10(14(2,3)4)9-20-13-7-6-11(16)8-12(13)15(17,18)19/h6-8,10H,5,9H2,1-4H3. The third kappa shape index (κ3) is 4.58. The van der Waals surface area contributed by atoms with E-state index < -0.39 is 11.7 Å². The number of halogens is 4. The van der Waals surface area contributed by atoms with E-state index in [0.29, 0.717) is 0 Å². The van der Waals surface area contributed by atoms with E-state index in [0.717, 1.165) is 12.5 Å². The Hall–Kier alpha value is -0.900. The van der Waals surface area contributed by atoms with Gasteiger partial charge in [0.15, 0.2) is 0 Å². The van der Waals surface area contributed by atoms with Gasteiger partial charge in [0, 0.05) is 5.02 Å². The van der Waals surface area contributed by atoms with Crippen LogP contribution in [0.5, 0.6) is 5.75 Å². The van der Waals surface area contributed by atoms with Gasteiger partial charge < -0.3 is 4.74 Å². The Morgan fingerprint density at radius 3 is 2.25 bits per heavy atom. The predicted molar refractivity (Wildman–Crippen MR) is 75.2 cm³/mol. The SMILES string of the molecule is CCC(COc1ccc(Cl)cc1C(F)(F)F)C(C)(C)C. The molecule has 0 aromatic heterocycles. The van der Waals surface area contributed by atoms with Gasteiger partial charge in [0.25, 0.3) is 0 Å². The molecule has 5 heteroatoms. The van der Waals surface area contributed by atoms with Gasteiger partial charge in [-0.15, -0.1) is 0 Å². The van der Waals surface area contributed by atoms with E-state index in [1.54, 1.807) is 0 Å². The number of rotatable bonds is 4. The number of benzene rings is 1. The molecule has 0 heterocycles. The second kappa shape index (κ2) is 6.25. The van der Waals surface area contributed by atoms with E-state index in [1.807, 2.05) is 6.92 Å². The molecule has 20 heavy (non-hydrogen) atoms. The summed E-state index contributed by atoms with van der Waals surface area (Å²) in [4.78, 5) is 0. The lowest BCUT2D eigenvalue weighted by Crippen LogP contribution is -2.26. The van der Waals surface area contributed by atoms with Crippen LogP contribution in [-0.4, -0.2) is 6.61 Å². The summed E-state index contributed by atoms with van der Waals surface area (Å²) in [5.41, 5.74) is -0.840. The van der Waals surface area contributed by atoms with Crippen molar-refractivity contribution in [3.63, 3.8) is 0 Å². The Balaban J connectivity index is 2.93. The Bertz CT molecular complexity index is 449. The molecule has 0 saturated heterocycles. The molecule has 0 spiro atoms. The third-order valence-corrected chi connectivity index (χ3v) is 3.64. The molecule has 1 atom stereocenters. The van der Waals surface area contributed by atoms with E-state index in [4.69, 9.17) is 16.3 Å². The summed E-state index contributed by atoms with van der Waals surface area (Å²) in [7, 11) is 0. The summed E-state index contributed by atoms with van der Waals surface area (Å²) in [5, 5.41) is 0.0486. The van der Waals surface area contributed by atoms with Crippen molar-refractivity contribution in [1.29, 1.82) is 0 Å². The van der Waals surface area contributed by atoms with Crippen molar-refractivity contribution in [3.8, 4) is 5.75 Å². The van der Waals surface area contributed by atoms with Crippen LogP contribution in [0, 0.1) is 11.3 Å². The Labute approximate surface area is 123 Å². The highest BCUT2D eigenvalue weighted by atomic mass is 35.5. The van der Waals surface area contributed by atoms with Crippen LogP contribution in [0.4, 0.5) is 13.2 Å². The molecular weight excluding hydrogens is 289 g/mol. The molecule has 0 amide bonds. The normalized spacial score (nSPS) is 14.2. The fourth-order valence-electron chi connectivity index (χ4n) is 2.02. The van der Waals surface area contributed by atoms with Crippen LogP contribution in [0.25, 0.3) is 0 Å². The van der Waals surface area contributed by atoms with Crippen LogP contribution in [-0.2, 0) is 6.18 Å². The van der Waals surface area contributed by atoms with Crippen LogP contribution in [0.1, 0.15) is 39.7 Å². The maximum Gasteiger partial charge on any atom is 0.420 e. The predicted octanol–water partition coefficient (Wildman–Crippen LogP) is 5.81. The van der Waals surface area contributed by atoms with Crippen molar-refractivity contribution in [3.05, 3.63) is 28.8 Å². The minimum atomic E-state index is -4.47. The van der Waals surface area contributed by atoms with Gasteiger partial charge in [0.1, 0.15) is 5.75 Å². The molecule has 114 valence electrons. The van der Waals surface area contributed by atoms with Crippen molar-refractivity contribution in [1.82, 2.24) is 0 Å². The van der Waals surface area contributed by atoms with Crippen LogP contribution < -0.4 is 4.74 Å². The highest BCUT2D eigenvalue weighted by molar-refractivity contribution is 6.30. The Morgan fingerprint density at radius 1 is 1.20 bits per heavy atom. The van der Waals surface area contributed by atoms with Gasteiger partial charge in [-0.25, -0.2) is 0 Å². The Kier molecular flexibility index (Phi) is 5.36. The minimum absolute atomic E-state index is 0.0143. The highest BCUT2D eigenvalue weighted by Crippen LogP contribution is 2.38. The summed E-state index contributed by atoms with van der Waals surface area (Å²) in [6.45, 7) is 8.42. The molecule has 0 aliphatic carbocycles. The van der Waals surface area contributed by atoms with Crippen LogP contribution in [0.3, 0.4) is 0 Å². The molecule has 0 aliphatic heterocycles. The second-order valence-corrected chi connectivity index (χ2v) is 6.36. The first kappa shape index (κ1) is 17.2. The summed E-state index contributed by atoms with van der Waals surface area (Å²) < 4.78 is 44.2. The molecule has 1 nitrogen and oxygen atoms in total. The molecule has 0 saturated carbocycles. The van der Waals surface area contributed by atoms with Gasteiger partial charge in [-0.2, -0.15) is 13.2 Å². The van der Waals surface area contributed by atoms with Crippen LogP contribution in [0.15, 0.2) is 18.2 Å². The molecule has 0 fully saturated rings. The summed E-state index contributed by atoms with van der Waals surface area (Å²) >= 11 is 5.63. The van der Waals surface area contributed by atoms with Gasteiger partial charge in [-0.3, -0.25) is 0 Å². The zero-order valence-corrected chi connectivity index (χ0v) is 12.9. The first-order valence-corrected chi connectivity index (χ1v) is 6.93. The lowest BCUT2D eigenvalue weighted by Gasteiger charge is -2.30. The zero-order chi connectivity index (χ0) is 15.6. The van der Waals surface area contributed by atoms with Crippen molar-refractivity contribution in [2.24, 2.45) is 11.3 Å². The van der Waals surface area contributed by atoms with Crippen molar-refractivity contribution in [2.75, 3.05) is 6.61 Å². The topological polar surface area (TPSA) is 9.23 Å². The lowest BCUT2D eigenvalue weighted by atomic mass is 9.80. The molecule has 0 aliphatic rings. The lowest BCUT2D eigenvalue weighted by molar-refractivity contribution is -0.139. The summed E-state index contributed by atoms with van der Waals surface area (Å²) in [5.74, 6) is 0.0175. The maximum atomic E-state index is 12.9. The number of hydrogen-bond acceptors (Lipinski definition) is 1. The van der Waals surface area contributed by atoms with E-state index in [1.165, 1.54) is 12.1 Å². The number of ether oxygens (including phenoxy) is 1. The van der Waals surface area contributed by atoms with Gasteiger partial charge in [0.05, 0.1) is 12.2 Å². The molecule has 1 aromatic rings. The molecule has 1 unspecified atom stereocenters.